The smallest absolute Gasteiger partial charge is 0.159 e. The molecule has 2 rings (SSSR count). The van der Waals surface area contributed by atoms with Gasteiger partial charge in [-0.25, -0.2) is 8.78 Å². The highest BCUT2D eigenvalue weighted by molar-refractivity contribution is 5.20. The van der Waals surface area contributed by atoms with Crippen LogP contribution in [0, 0.1) is 11.6 Å². The Morgan fingerprint density at radius 3 is 2.89 bits per heavy atom. The lowest BCUT2D eigenvalue weighted by Crippen LogP contribution is -2.30. The van der Waals surface area contributed by atoms with Crippen LogP contribution in [0.1, 0.15) is 24.5 Å². The van der Waals surface area contributed by atoms with Crippen molar-refractivity contribution in [2.24, 2.45) is 0 Å². The minimum atomic E-state index is -0.939. The Bertz CT molecular complexity index is 395. The Balaban J connectivity index is 1.79. The van der Waals surface area contributed by atoms with E-state index >= 15 is 0 Å². The third-order valence-corrected chi connectivity index (χ3v) is 3.06. The van der Waals surface area contributed by atoms with Gasteiger partial charge < -0.3 is 15.2 Å². The summed E-state index contributed by atoms with van der Waals surface area (Å²) in [5.41, 5.74) is 0.369. The third-order valence-electron chi connectivity index (χ3n) is 3.06. The van der Waals surface area contributed by atoms with Crippen LogP contribution in [0.4, 0.5) is 8.78 Å². The second-order valence-corrected chi connectivity index (χ2v) is 4.48. The van der Waals surface area contributed by atoms with E-state index in [1.165, 1.54) is 6.07 Å². The summed E-state index contributed by atoms with van der Waals surface area (Å²) >= 11 is 0. The lowest BCUT2D eigenvalue weighted by Gasteiger charge is -2.15. The van der Waals surface area contributed by atoms with Gasteiger partial charge in [-0.1, -0.05) is 6.07 Å². The van der Waals surface area contributed by atoms with Crippen molar-refractivity contribution in [3.8, 4) is 0 Å². The number of ether oxygens (including phenoxy) is 1. The largest absolute Gasteiger partial charge is 0.387 e. The van der Waals surface area contributed by atoms with Gasteiger partial charge in [0, 0.05) is 19.7 Å². The Morgan fingerprint density at radius 2 is 2.22 bits per heavy atom. The molecule has 1 heterocycles. The maximum atomic E-state index is 13.0. The number of benzene rings is 1. The molecule has 1 aliphatic heterocycles. The molecule has 1 aromatic carbocycles. The van der Waals surface area contributed by atoms with E-state index in [4.69, 9.17) is 4.74 Å². The van der Waals surface area contributed by atoms with Gasteiger partial charge in [-0.3, -0.25) is 0 Å². The molecule has 1 aliphatic rings. The molecule has 5 heteroatoms. The van der Waals surface area contributed by atoms with Crippen molar-refractivity contribution in [1.29, 1.82) is 0 Å². The van der Waals surface area contributed by atoms with Crippen LogP contribution in [-0.2, 0) is 4.74 Å². The van der Waals surface area contributed by atoms with E-state index in [0.717, 1.165) is 31.6 Å². The second kappa shape index (κ2) is 6.22. The quantitative estimate of drug-likeness (QED) is 0.844. The van der Waals surface area contributed by atoms with Crippen molar-refractivity contribution >= 4 is 0 Å². The van der Waals surface area contributed by atoms with Gasteiger partial charge in [0.15, 0.2) is 11.6 Å². The predicted molar refractivity (Wildman–Crippen MR) is 63.2 cm³/mol. The van der Waals surface area contributed by atoms with E-state index in [-0.39, 0.29) is 6.10 Å². The van der Waals surface area contributed by atoms with Crippen LogP contribution in [0.2, 0.25) is 0 Å². The highest BCUT2D eigenvalue weighted by Gasteiger charge is 2.16. The molecule has 1 fully saturated rings. The normalized spacial score (nSPS) is 21.2. The van der Waals surface area contributed by atoms with Gasteiger partial charge in [0.2, 0.25) is 0 Å². The summed E-state index contributed by atoms with van der Waals surface area (Å²) in [4.78, 5) is 0. The number of nitrogens with one attached hydrogen (secondary N) is 1. The fourth-order valence-corrected chi connectivity index (χ4v) is 2.02. The molecule has 100 valence electrons. The molecule has 1 saturated heterocycles. The van der Waals surface area contributed by atoms with Crippen molar-refractivity contribution in [2.45, 2.75) is 25.0 Å². The average molecular weight is 257 g/mol. The molecule has 1 aromatic rings. The Kier molecular flexibility index (Phi) is 4.63. The van der Waals surface area contributed by atoms with Gasteiger partial charge in [0.25, 0.3) is 0 Å². The number of rotatable bonds is 5. The van der Waals surface area contributed by atoms with Crippen LogP contribution < -0.4 is 5.32 Å². The summed E-state index contributed by atoms with van der Waals surface area (Å²) in [6.07, 6.45) is 1.44. The van der Waals surface area contributed by atoms with E-state index in [9.17, 15) is 13.9 Å². The first kappa shape index (κ1) is 13.4. The molecule has 0 aliphatic carbocycles. The Hall–Kier alpha value is -1.04. The first-order chi connectivity index (χ1) is 8.66. The zero-order chi connectivity index (χ0) is 13.0. The van der Waals surface area contributed by atoms with Gasteiger partial charge >= 0.3 is 0 Å². The van der Waals surface area contributed by atoms with Gasteiger partial charge in [-0.05, 0) is 30.5 Å². The lowest BCUT2D eigenvalue weighted by molar-refractivity contribution is 0.103. The van der Waals surface area contributed by atoms with Crippen molar-refractivity contribution in [2.75, 3.05) is 19.7 Å². The SMILES string of the molecule is OC(CNCC1CCCO1)c1ccc(F)c(F)c1. The van der Waals surface area contributed by atoms with Crippen molar-refractivity contribution in [1.82, 2.24) is 5.32 Å². The summed E-state index contributed by atoms with van der Waals surface area (Å²) < 4.78 is 31.1. The molecule has 3 nitrogen and oxygen atoms in total. The molecular formula is C13H17F2NO2. The molecule has 0 radical (unpaired) electrons. The zero-order valence-electron chi connectivity index (χ0n) is 10.0. The molecule has 2 atom stereocenters. The molecule has 0 bridgehead atoms. The Labute approximate surface area is 105 Å². The molecule has 0 saturated carbocycles. The maximum Gasteiger partial charge on any atom is 0.159 e. The molecule has 0 aromatic heterocycles. The summed E-state index contributed by atoms with van der Waals surface area (Å²) in [5, 5.41) is 12.9. The number of aliphatic hydroxyl groups excluding tert-OH is 1. The molecular weight excluding hydrogens is 240 g/mol. The molecule has 2 unspecified atom stereocenters. The summed E-state index contributed by atoms with van der Waals surface area (Å²) in [7, 11) is 0. The summed E-state index contributed by atoms with van der Waals surface area (Å²) in [6.45, 7) is 1.75. The van der Waals surface area contributed by atoms with Gasteiger partial charge in [-0.15, -0.1) is 0 Å². The van der Waals surface area contributed by atoms with Gasteiger partial charge in [-0.2, -0.15) is 0 Å². The Morgan fingerprint density at radius 1 is 1.39 bits per heavy atom. The molecule has 0 spiro atoms. The van der Waals surface area contributed by atoms with Crippen molar-refractivity contribution in [3.05, 3.63) is 35.4 Å². The van der Waals surface area contributed by atoms with Crippen LogP contribution in [0.3, 0.4) is 0 Å². The van der Waals surface area contributed by atoms with Crippen LogP contribution in [0.5, 0.6) is 0 Å². The van der Waals surface area contributed by atoms with Crippen LogP contribution in [0.25, 0.3) is 0 Å². The topological polar surface area (TPSA) is 41.5 Å². The van der Waals surface area contributed by atoms with Gasteiger partial charge in [0.05, 0.1) is 12.2 Å². The fourth-order valence-electron chi connectivity index (χ4n) is 2.02. The standard InChI is InChI=1S/C13H17F2NO2/c14-11-4-3-9(6-12(11)15)13(17)8-16-7-10-2-1-5-18-10/h3-4,6,10,13,16-17H,1-2,5,7-8H2. The predicted octanol–water partition coefficient (Wildman–Crippen LogP) is 1.77. The monoisotopic (exact) mass is 257 g/mol. The highest BCUT2D eigenvalue weighted by Crippen LogP contribution is 2.16. The minimum Gasteiger partial charge on any atom is -0.387 e. The highest BCUT2D eigenvalue weighted by atomic mass is 19.2. The maximum absolute atomic E-state index is 13.0. The first-order valence-corrected chi connectivity index (χ1v) is 6.12. The molecule has 0 amide bonds. The van der Waals surface area contributed by atoms with Crippen LogP contribution in [0.15, 0.2) is 18.2 Å². The third kappa shape index (κ3) is 3.48. The van der Waals surface area contributed by atoms with E-state index in [1.54, 1.807) is 0 Å². The minimum absolute atomic E-state index is 0.196. The molecule has 2 N–H and O–H groups in total. The number of aliphatic hydroxyl groups is 1. The van der Waals surface area contributed by atoms with Crippen molar-refractivity contribution < 1.29 is 18.6 Å². The van der Waals surface area contributed by atoms with E-state index < -0.39 is 17.7 Å². The van der Waals surface area contributed by atoms with Crippen molar-refractivity contribution in [3.63, 3.8) is 0 Å². The summed E-state index contributed by atoms with van der Waals surface area (Å²) in [6, 6.07) is 3.43. The lowest BCUT2D eigenvalue weighted by atomic mass is 10.1. The number of halogens is 2. The van der Waals surface area contributed by atoms with E-state index in [0.29, 0.717) is 18.7 Å². The van der Waals surface area contributed by atoms with E-state index in [2.05, 4.69) is 5.32 Å². The van der Waals surface area contributed by atoms with Crippen LogP contribution in [-0.4, -0.2) is 30.9 Å². The van der Waals surface area contributed by atoms with E-state index in [1.807, 2.05) is 0 Å². The molecule has 18 heavy (non-hydrogen) atoms. The van der Waals surface area contributed by atoms with Gasteiger partial charge in [0.1, 0.15) is 0 Å². The summed E-state index contributed by atoms with van der Waals surface area (Å²) in [5.74, 6) is -1.84. The van der Waals surface area contributed by atoms with Crippen LogP contribution >= 0.6 is 0 Å². The average Bonchev–Trinajstić information content (AvgIpc) is 2.85. The first-order valence-electron chi connectivity index (χ1n) is 6.12. The number of hydrogen-bond acceptors (Lipinski definition) is 3. The zero-order valence-corrected chi connectivity index (χ0v) is 10.0. The number of hydrogen-bond donors (Lipinski definition) is 2. The second-order valence-electron chi connectivity index (χ2n) is 4.48. The fraction of sp³-hybridized carbons (Fsp3) is 0.538.